The molecule has 96 valence electrons. The molecule has 0 spiro atoms. The zero-order chi connectivity index (χ0) is 12.0. The van der Waals surface area contributed by atoms with E-state index >= 15 is 0 Å². The molecule has 16 heavy (non-hydrogen) atoms. The van der Waals surface area contributed by atoms with E-state index in [-0.39, 0.29) is 5.92 Å². The second-order valence-corrected chi connectivity index (χ2v) is 8.28. The third-order valence-corrected chi connectivity index (χ3v) is 6.36. The number of hydrogen-bond donors (Lipinski definition) is 0. The quantitative estimate of drug-likeness (QED) is 0.472. The van der Waals surface area contributed by atoms with E-state index in [1.165, 1.54) is 12.8 Å². The molecule has 0 bridgehead atoms. The van der Waals surface area contributed by atoms with Crippen LogP contribution in [0.1, 0.15) is 12.8 Å². The predicted molar refractivity (Wildman–Crippen MR) is 66.2 cm³/mol. The molecule has 0 aliphatic heterocycles. The van der Waals surface area contributed by atoms with Gasteiger partial charge in [-0.3, -0.25) is 0 Å². The van der Waals surface area contributed by atoms with Crippen LogP contribution in [0.5, 0.6) is 0 Å². The van der Waals surface area contributed by atoms with Gasteiger partial charge >= 0.3 is 98.2 Å². The monoisotopic (exact) mass is 270 g/mol. The van der Waals surface area contributed by atoms with Gasteiger partial charge in [0.25, 0.3) is 0 Å². The maximum atomic E-state index is 10.2. The van der Waals surface area contributed by atoms with Crippen LogP contribution in [0.2, 0.25) is 0 Å². The van der Waals surface area contributed by atoms with E-state index in [1.807, 2.05) is 0 Å². The van der Waals surface area contributed by atoms with Crippen molar-refractivity contribution in [1.29, 1.82) is 0 Å². The van der Waals surface area contributed by atoms with E-state index in [2.05, 4.69) is 8.93 Å². The molecule has 1 rings (SSSR count). The summed E-state index contributed by atoms with van der Waals surface area (Å²) in [7, 11) is 3.08. The fourth-order valence-corrected chi connectivity index (χ4v) is 2.61. The zero-order valence-corrected chi connectivity index (χ0v) is 11.8. The maximum absolute atomic E-state index is 10.2. The van der Waals surface area contributed by atoms with Crippen molar-refractivity contribution < 1.29 is 23.1 Å². The van der Waals surface area contributed by atoms with Crippen LogP contribution in [0.15, 0.2) is 0 Å². The molecule has 0 radical (unpaired) electrons. The third-order valence-electron chi connectivity index (χ3n) is 2.73. The number of rotatable bonds is 9. The Hall–Kier alpha value is 0.210. The SMILES string of the molecule is CO[PH](P)(OC)OCC(COC=O)C1CC1. The molecule has 0 amide bonds. The summed E-state index contributed by atoms with van der Waals surface area (Å²) in [6.07, 6.45) is 2.36. The van der Waals surface area contributed by atoms with Crippen molar-refractivity contribution in [3.63, 3.8) is 0 Å². The van der Waals surface area contributed by atoms with Crippen molar-refractivity contribution >= 4 is 23.0 Å². The van der Waals surface area contributed by atoms with E-state index in [9.17, 15) is 4.79 Å². The first-order chi connectivity index (χ1) is 7.65. The fraction of sp³-hybridized carbons (Fsp3) is 0.889. The molecular weight excluding hydrogens is 250 g/mol. The van der Waals surface area contributed by atoms with Gasteiger partial charge in [0.2, 0.25) is 0 Å². The number of carbonyl (C=O) groups excluding carboxylic acids is 1. The molecule has 0 aromatic heterocycles. The fourth-order valence-electron chi connectivity index (χ4n) is 1.48. The molecule has 1 saturated carbocycles. The standard InChI is InChI=1S/C9H20O5P2/c1-11-16(15,12-2)14-6-9(5-13-7-10)8-3-4-8/h7-9,16H,3-6,15H2,1-2H3. The van der Waals surface area contributed by atoms with Crippen LogP contribution in [-0.4, -0.2) is 33.9 Å². The van der Waals surface area contributed by atoms with E-state index < -0.39 is 7.63 Å². The summed E-state index contributed by atoms with van der Waals surface area (Å²) in [4.78, 5) is 10.2. The molecule has 0 aromatic rings. The zero-order valence-electron chi connectivity index (χ0n) is 9.68. The van der Waals surface area contributed by atoms with Crippen molar-refractivity contribution in [3.8, 4) is 0 Å². The van der Waals surface area contributed by atoms with Gasteiger partial charge in [0, 0.05) is 0 Å². The van der Waals surface area contributed by atoms with Gasteiger partial charge in [0.05, 0.1) is 0 Å². The van der Waals surface area contributed by atoms with E-state index in [0.717, 1.165) is 0 Å². The average Bonchev–Trinajstić information content (AvgIpc) is 3.13. The molecule has 0 saturated heterocycles. The number of carbonyl (C=O) groups is 1. The second-order valence-electron chi connectivity index (χ2n) is 3.85. The van der Waals surface area contributed by atoms with Crippen molar-refractivity contribution in [2.45, 2.75) is 12.8 Å². The summed E-state index contributed by atoms with van der Waals surface area (Å²) < 4.78 is 20.8. The van der Waals surface area contributed by atoms with Crippen molar-refractivity contribution in [1.82, 2.24) is 0 Å². The first-order valence-electron chi connectivity index (χ1n) is 5.23. The van der Waals surface area contributed by atoms with Crippen molar-refractivity contribution in [2.75, 3.05) is 27.4 Å². The van der Waals surface area contributed by atoms with E-state index in [4.69, 9.17) is 18.3 Å². The van der Waals surface area contributed by atoms with Gasteiger partial charge in [-0.05, 0) is 0 Å². The Balaban J connectivity index is 2.33. The summed E-state index contributed by atoms with van der Waals surface area (Å²) in [5.41, 5.74) is 0. The van der Waals surface area contributed by atoms with Gasteiger partial charge in [-0.1, -0.05) is 0 Å². The molecule has 1 aliphatic carbocycles. The molecule has 0 heterocycles. The summed E-state index contributed by atoms with van der Waals surface area (Å²) in [5.74, 6) is 0.861. The summed E-state index contributed by atoms with van der Waals surface area (Å²) >= 11 is 0. The van der Waals surface area contributed by atoms with Gasteiger partial charge in [0.1, 0.15) is 0 Å². The third kappa shape index (κ3) is 4.60. The summed E-state index contributed by atoms with van der Waals surface area (Å²) in [5, 5.41) is 0. The summed E-state index contributed by atoms with van der Waals surface area (Å²) in [6, 6.07) is 0. The Labute approximate surface area is 98.8 Å². The van der Waals surface area contributed by atoms with Crippen LogP contribution in [0.3, 0.4) is 0 Å². The summed E-state index contributed by atoms with van der Waals surface area (Å²) in [6.45, 7) is 1.40. The Bertz CT molecular complexity index is 218. The van der Waals surface area contributed by atoms with Crippen LogP contribution < -0.4 is 0 Å². The normalized spacial score (nSPS) is 19.2. The first kappa shape index (κ1) is 14.3. The first-order valence-corrected chi connectivity index (χ1v) is 8.77. The Morgan fingerprint density at radius 1 is 1.38 bits per heavy atom. The Kier molecular flexibility index (Phi) is 6.09. The van der Waals surface area contributed by atoms with Crippen LogP contribution in [0, 0.1) is 11.8 Å². The van der Waals surface area contributed by atoms with Crippen LogP contribution in [0.4, 0.5) is 0 Å². The molecule has 0 aromatic carbocycles. The molecule has 2 unspecified atom stereocenters. The van der Waals surface area contributed by atoms with Gasteiger partial charge in [0.15, 0.2) is 0 Å². The van der Waals surface area contributed by atoms with E-state index in [1.54, 1.807) is 14.2 Å². The molecular formula is C9H20O5P2. The average molecular weight is 270 g/mol. The predicted octanol–water partition coefficient (Wildman–Crippen LogP) is 1.78. The Morgan fingerprint density at radius 2 is 2.00 bits per heavy atom. The Morgan fingerprint density at radius 3 is 2.44 bits per heavy atom. The molecule has 5 nitrogen and oxygen atoms in total. The van der Waals surface area contributed by atoms with Gasteiger partial charge < -0.3 is 0 Å². The topological polar surface area (TPSA) is 54.0 Å². The molecule has 1 fully saturated rings. The number of hydrogen-bond acceptors (Lipinski definition) is 5. The van der Waals surface area contributed by atoms with E-state index in [0.29, 0.717) is 25.6 Å². The van der Waals surface area contributed by atoms with Gasteiger partial charge in [-0.2, -0.15) is 0 Å². The van der Waals surface area contributed by atoms with Crippen LogP contribution in [0.25, 0.3) is 0 Å². The van der Waals surface area contributed by atoms with Gasteiger partial charge in [-0.15, -0.1) is 0 Å². The molecule has 0 N–H and O–H groups in total. The molecule has 2 atom stereocenters. The molecule has 7 heteroatoms. The van der Waals surface area contributed by atoms with Crippen LogP contribution >= 0.6 is 16.6 Å². The molecule has 1 aliphatic rings. The second kappa shape index (κ2) is 6.83. The van der Waals surface area contributed by atoms with Crippen LogP contribution in [-0.2, 0) is 23.1 Å². The van der Waals surface area contributed by atoms with Gasteiger partial charge in [-0.25, -0.2) is 0 Å². The van der Waals surface area contributed by atoms with Crippen molar-refractivity contribution in [2.24, 2.45) is 11.8 Å². The minimum atomic E-state index is -2.54. The minimum absolute atomic E-state index is 0.253. The number of ether oxygens (including phenoxy) is 1. The van der Waals surface area contributed by atoms with Crippen molar-refractivity contribution in [3.05, 3.63) is 0 Å².